The van der Waals surface area contributed by atoms with Crippen LogP contribution in [-0.2, 0) is 20.1 Å². The van der Waals surface area contributed by atoms with Gasteiger partial charge >= 0.3 is 16.1 Å². The number of nitrogens with zero attached hydrogens (tertiary/aromatic N) is 2. The predicted molar refractivity (Wildman–Crippen MR) is 101 cm³/mol. The number of alkyl halides is 2. The zero-order valence-corrected chi connectivity index (χ0v) is 17.0. The van der Waals surface area contributed by atoms with E-state index < -0.39 is 54.9 Å². The van der Waals surface area contributed by atoms with E-state index in [2.05, 4.69) is 9.97 Å². The van der Waals surface area contributed by atoms with E-state index in [0.29, 0.717) is 0 Å². The second kappa shape index (κ2) is 7.60. The van der Waals surface area contributed by atoms with Gasteiger partial charge in [0.05, 0.1) is 4.91 Å². The standard InChI is InChI=1S/C16H14F2N4O6S2/c1-8-6-11(14(17)18)20-15(19-8)21-16(23)22-29(24,25)12-5-3-4-10-7-9(2)30(26,27)28-13(10)12/h3-7,14H,1-2H3,(H2,19,20,21,22,23). The summed E-state index contributed by atoms with van der Waals surface area (Å²) in [5.74, 6) is -1.01. The number of rotatable bonds is 4. The first-order valence-corrected chi connectivity index (χ1v) is 11.0. The van der Waals surface area contributed by atoms with Crippen molar-refractivity contribution in [3.63, 3.8) is 0 Å². The molecule has 0 fully saturated rings. The number of benzene rings is 1. The van der Waals surface area contributed by atoms with Crippen molar-refractivity contribution >= 4 is 38.2 Å². The number of nitrogens with one attached hydrogen (secondary N) is 2. The number of allylic oxidation sites excluding steroid dienone is 1. The quantitative estimate of drug-likeness (QED) is 0.662. The van der Waals surface area contributed by atoms with Crippen LogP contribution in [0.1, 0.15) is 30.3 Å². The number of sulfonamides is 1. The van der Waals surface area contributed by atoms with Gasteiger partial charge < -0.3 is 4.18 Å². The van der Waals surface area contributed by atoms with E-state index in [1.165, 1.54) is 32.1 Å². The molecule has 30 heavy (non-hydrogen) atoms. The molecule has 1 aliphatic rings. The fraction of sp³-hybridized carbons (Fsp3) is 0.188. The van der Waals surface area contributed by atoms with Gasteiger partial charge in [-0.2, -0.15) is 8.42 Å². The fourth-order valence-corrected chi connectivity index (χ4v) is 4.41. The summed E-state index contributed by atoms with van der Waals surface area (Å²) in [7, 11) is -8.78. The number of fused-ring (bicyclic) bond motifs is 1. The van der Waals surface area contributed by atoms with E-state index in [-0.39, 0.29) is 16.2 Å². The summed E-state index contributed by atoms with van der Waals surface area (Å²) in [6, 6.07) is 3.46. The number of halogens is 2. The lowest BCUT2D eigenvalue weighted by molar-refractivity contribution is 0.146. The number of carbonyl (C=O) groups is 1. The Balaban J connectivity index is 1.89. The molecule has 0 radical (unpaired) electrons. The van der Waals surface area contributed by atoms with Crippen LogP contribution in [0.2, 0.25) is 0 Å². The highest BCUT2D eigenvalue weighted by Crippen LogP contribution is 2.36. The molecule has 1 aromatic carbocycles. The molecule has 2 heterocycles. The lowest BCUT2D eigenvalue weighted by atomic mass is 10.2. The average molecular weight is 460 g/mol. The third-order valence-corrected chi connectivity index (χ3v) is 6.44. The molecule has 0 unspecified atom stereocenters. The molecule has 2 aromatic rings. The van der Waals surface area contributed by atoms with Crippen LogP contribution in [0.4, 0.5) is 19.5 Å². The maximum atomic E-state index is 12.8. The number of anilines is 1. The molecule has 0 saturated carbocycles. The van der Waals surface area contributed by atoms with Gasteiger partial charge in [-0.1, -0.05) is 12.1 Å². The zero-order valence-electron chi connectivity index (χ0n) is 15.4. The topological polar surface area (TPSA) is 144 Å². The molecule has 160 valence electrons. The number of aromatic nitrogens is 2. The Morgan fingerprint density at radius 3 is 2.57 bits per heavy atom. The minimum absolute atomic E-state index is 0.122. The molecule has 2 amide bonds. The first-order chi connectivity index (χ1) is 13.9. The lowest BCUT2D eigenvalue weighted by Gasteiger charge is -2.18. The highest BCUT2D eigenvalue weighted by atomic mass is 32.2. The van der Waals surface area contributed by atoms with Gasteiger partial charge in [0.2, 0.25) is 5.95 Å². The Hall–Kier alpha value is -3.13. The summed E-state index contributed by atoms with van der Waals surface area (Å²) in [5.41, 5.74) is -0.357. The van der Waals surface area contributed by atoms with Crippen molar-refractivity contribution in [3.8, 4) is 5.75 Å². The van der Waals surface area contributed by atoms with Crippen LogP contribution in [0.25, 0.3) is 6.08 Å². The summed E-state index contributed by atoms with van der Waals surface area (Å²) in [6.45, 7) is 2.66. The van der Waals surface area contributed by atoms with E-state index in [9.17, 15) is 30.4 Å². The minimum atomic E-state index is -4.61. The summed E-state index contributed by atoms with van der Waals surface area (Å²) in [5, 5.41) is 1.95. The second-order valence-corrected chi connectivity index (χ2v) is 9.45. The van der Waals surface area contributed by atoms with Crippen molar-refractivity contribution < 1.29 is 34.6 Å². The molecule has 0 bridgehead atoms. The molecule has 3 rings (SSSR count). The monoisotopic (exact) mass is 460 g/mol. The second-order valence-electron chi connectivity index (χ2n) is 6.09. The van der Waals surface area contributed by atoms with Crippen molar-refractivity contribution in [2.45, 2.75) is 25.2 Å². The number of hydrogen-bond donors (Lipinski definition) is 2. The number of urea groups is 1. The van der Waals surface area contributed by atoms with E-state index >= 15 is 0 Å². The summed E-state index contributed by atoms with van der Waals surface area (Å²) >= 11 is 0. The molecule has 0 spiro atoms. The van der Waals surface area contributed by atoms with E-state index in [4.69, 9.17) is 4.18 Å². The Morgan fingerprint density at radius 1 is 1.20 bits per heavy atom. The van der Waals surface area contributed by atoms with E-state index in [1.54, 1.807) is 4.72 Å². The molecule has 10 nitrogen and oxygen atoms in total. The van der Waals surface area contributed by atoms with Gasteiger partial charge in [-0.3, -0.25) is 5.32 Å². The molecule has 0 aliphatic carbocycles. The Bertz CT molecular complexity index is 1280. The maximum absolute atomic E-state index is 12.8. The maximum Gasteiger partial charge on any atom is 0.335 e. The first-order valence-electron chi connectivity index (χ1n) is 8.12. The summed E-state index contributed by atoms with van der Waals surface area (Å²) < 4.78 is 81.2. The van der Waals surface area contributed by atoms with Crippen LogP contribution in [0.3, 0.4) is 0 Å². The van der Waals surface area contributed by atoms with E-state index in [1.807, 2.05) is 5.32 Å². The number of para-hydroxylation sites is 1. The highest BCUT2D eigenvalue weighted by molar-refractivity contribution is 7.91. The van der Waals surface area contributed by atoms with Gasteiger partial charge in [0, 0.05) is 11.3 Å². The van der Waals surface area contributed by atoms with Crippen LogP contribution < -0.4 is 14.2 Å². The van der Waals surface area contributed by atoms with Gasteiger partial charge in [-0.25, -0.2) is 36.7 Å². The van der Waals surface area contributed by atoms with Crippen LogP contribution in [0.15, 0.2) is 34.1 Å². The van der Waals surface area contributed by atoms with Gasteiger partial charge in [0.25, 0.3) is 16.4 Å². The molecule has 0 saturated heterocycles. The molecular weight excluding hydrogens is 446 g/mol. The Labute approximate surface area is 170 Å². The molecule has 1 aromatic heterocycles. The largest absolute Gasteiger partial charge is 0.377 e. The van der Waals surface area contributed by atoms with Crippen LogP contribution in [0, 0.1) is 6.92 Å². The normalized spacial score (nSPS) is 15.0. The van der Waals surface area contributed by atoms with Crippen molar-refractivity contribution in [2.24, 2.45) is 0 Å². The van der Waals surface area contributed by atoms with Gasteiger partial charge in [-0.15, -0.1) is 0 Å². The Kier molecular flexibility index (Phi) is 5.47. The number of aryl methyl sites for hydroxylation is 1. The minimum Gasteiger partial charge on any atom is -0.377 e. The SMILES string of the molecule is CC1=Cc2cccc(S(=O)(=O)NC(=O)Nc3nc(C)cc(C(F)F)n3)c2OS1(=O)=O. The first kappa shape index (κ1) is 21.6. The average Bonchev–Trinajstić information content (AvgIpc) is 2.60. The van der Waals surface area contributed by atoms with Gasteiger partial charge in [0.1, 0.15) is 10.6 Å². The number of amides is 2. The van der Waals surface area contributed by atoms with Crippen molar-refractivity contribution in [1.82, 2.24) is 14.7 Å². The molecular formula is C16H14F2N4O6S2. The Morgan fingerprint density at radius 2 is 1.90 bits per heavy atom. The lowest BCUT2D eigenvalue weighted by Crippen LogP contribution is -2.35. The summed E-state index contributed by atoms with van der Waals surface area (Å²) in [6.07, 6.45) is -1.70. The van der Waals surface area contributed by atoms with Crippen LogP contribution in [-0.4, -0.2) is 32.8 Å². The molecule has 2 N–H and O–H groups in total. The number of hydrogen-bond acceptors (Lipinski definition) is 8. The van der Waals surface area contributed by atoms with Gasteiger partial charge in [-0.05, 0) is 32.1 Å². The highest BCUT2D eigenvalue weighted by Gasteiger charge is 2.31. The molecule has 0 atom stereocenters. The van der Waals surface area contributed by atoms with Gasteiger partial charge in [0.15, 0.2) is 5.75 Å². The van der Waals surface area contributed by atoms with Crippen LogP contribution >= 0.6 is 0 Å². The summed E-state index contributed by atoms with van der Waals surface area (Å²) in [4.78, 5) is 18.5. The van der Waals surface area contributed by atoms with E-state index in [0.717, 1.165) is 12.1 Å². The van der Waals surface area contributed by atoms with Crippen molar-refractivity contribution in [2.75, 3.05) is 5.32 Å². The van der Waals surface area contributed by atoms with Crippen molar-refractivity contribution in [1.29, 1.82) is 0 Å². The fourth-order valence-electron chi connectivity index (χ4n) is 2.48. The van der Waals surface area contributed by atoms with Crippen molar-refractivity contribution in [3.05, 3.63) is 46.1 Å². The molecule has 14 heteroatoms. The third kappa shape index (κ3) is 4.38. The smallest absolute Gasteiger partial charge is 0.335 e. The molecule has 1 aliphatic heterocycles. The zero-order chi connectivity index (χ0) is 22.3. The predicted octanol–water partition coefficient (Wildman–Crippen LogP) is 2.32. The van der Waals surface area contributed by atoms with Crippen LogP contribution in [0.5, 0.6) is 5.75 Å². The number of carbonyl (C=O) groups excluding carboxylic acids is 1. The third-order valence-electron chi connectivity index (χ3n) is 3.80.